The zero-order valence-electron chi connectivity index (χ0n) is 13.0. The first kappa shape index (κ1) is 17.5. The molecule has 0 spiro atoms. The van der Waals surface area contributed by atoms with Gasteiger partial charge in [-0.3, -0.25) is 9.69 Å². The number of carbonyl (C=O) groups is 1. The van der Waals surface area contributed by atoms with Crippen LogP contribution in [-0.2, 0) is 4.79 Å². The molecule has 2 rings (SSSR count). The molecule has 128 valence electrons. The van der Waals surface area contributed by atoms with E-state index < -0.39 is 18.8 Å². The Bertz CT molecular complexity index is 387. The molecule has 0 aromatic rings. The molecule has 2 saturated heterocycles. The zero-order chi connectivity index (χ0) is 16.3. The lowest BCUT2D eigenvalue weighted by Gasteiger charge is -2.39. The summed E-state index contributed by atoms with van der Waals surface area (Å²) in [5.74, 6) is -0.311. The smallest absolute Gasteiger partial charge is 0.393 e. The van der Waals surface area contributed by atoms with Gasteiger partial charge in [-0.15, -0.1) is 0 Å². The second-order valence-corrected chi connectivity index (χ2v) is 6.62. The van der Waals surface area contributed by atoms with Crippen molar-refractivity contribution >= 4 is 5.91 Å². The SMILES string of the molecule is CC(O)C1CCCN(C(=O)C2CCCN(CC(F)(F)F)C2)C1. The van der Waals surface area contributed by atoms with E-state index in [2.05, 4.69) is 0 Å². The first-order chi connectivity index (χ1) is 10.3. The van der Waals surface area contributed by atoms with E-state index in [0.29, 0.717) is 32.5 Å². The number of carbonyl (C=O) groups excluding carboxylic acids is 1. The van der Waals surface area contributed by atoms with Crippen molar-refractivity contribution in [1.29, 1.82) is 0 Å². The average Bonchev–Trinajstić information content (AvgIpc) is 2.45. The summed E-state index contributed by atoms with van der Waals surface area (Å²) in [6.45, 7) is 2.55. The molecule has 2 fully saturated rings. The average molecular weight is 322 g/mol. The van der Waals surface area contributed by atoms with Crippen LogP contribution in [0.5, 0.6) is 0 Å². The number of likely N-dealkylation sites (tertiary alicyclic amines) is 2. The zero-order valence-corrected chi connectivity index (χ0v) is 13.0. The molecule has 0 radical (unpaired) electrons. The van der Waals surface area contributed by atoms with Crippen LogP contribution in [0.3, 0.4) is 0 Å². The normalized spacial score (nSPS) is 29.4. The maximum atomic E-state index is 12.6. The molecule has 22 heavy (non-hydrogen) atoms. The second-order valence-electron chi connectivity index (χ2n) is 6.62. The molecule has 1 N–H and O–H groups in total. The van der Waals surface area contributed by atoms with Crippen LogP contribution in [0.2, 0.25) is 0 Å². The molecule has 0 bridgehead atoms. The molecule has 2 aliphatic rings. The monoisotopic (exact) mass is 322 g/mol. The maximum absolute atomic E-state index is 12.6. The Kier molecular flexibility index (Phi) is 5.71. The molecule has 1 amide bonds. The quantitative estimate of drug-likeness (QED) is 0.863. The summed E-state index contributed by atoms with van der Waals surface area (Å²) in [7, 11) is 0. The Hall–Kier alpha value is -0.820. The standard InChI is InChI=1S/C15H25F3N2O2/c1-11(21)12-4-3-7-20(9-12)14(22)13-5-2-6-19(8-13)10-15(16,17)18/h11-13,21H,2-10H2,1H3. The molecule has 3 atom stereocenters. The van der Waals surface area contributed by atoms with E-state index in [-0.39, 0.29) is 24.3 Å². The van der Waals surface area contributed by atoms with Gasteiger partial charge in [-0.2, -0.15) is 13.2 Å². The van der Waals surface area contributed by atoms with E-state index in [4.69, 9.17) is 0 Å². The summed E-state index contributed by atoms with van der Waals surface area (Å²) in [6.07, 6.45) is -1.65. The fraction of sp³-hybridized carbons (Fsp3) is 0.933. The summed E-state index contributed by atoms with van der Waals surface area (Å²) in [6, 6.07) is 0. The van der Waals surface area contributed by atoms with Crippen molar-refractivity contribution in [2.24, 2.45) is 11.8 Å². The van der Waals surface area contributed by atoms with Gasteiger partial charge in [-0.05, 0) is 39.2 Å². The lowest BCUT2D eigenvalue weighted by Crippen LogP contribution is -2.50. The number of nitrogens with zero attached hydrogens (tertiary/aromatic N) is 2. The van der Waals surface area contributed by atoms with E-state index in [1.807, 2.05) is 0 Å². The Morgan fingerprint density at radius 2 is 1.91 bits per heavy atom. The number of halogens is 3. The molecule has 0 aliphatic carbocycles. The lowest BCUT2D eigenvalue weighted by atomic mass is 9.91. The molecule has 4 nitrogen and oxygen atoms in total. The van der Waals surface area contributed by atoms with E-state index in [1.165, 1.54) is 4.90 Å². The Labute approximate surface area is 129 Å². The number of hydrogen-bond donors (Lipinski definition) is 1. The number of hydrogen-bond acceptors (Lipinski definition) is 3. The molecule has 0 aromatic carbocycles. The van der Waals surface area contributed by atoms with Gasteiger partial charge in [0, 0.05) is 25.6 Å². The summed E-state index contributed by atoms with van der Waals surface area (Å²) in [4.78, 5) is 15.6. The van der Waals surface area contributed by atoms with Gasteiger partial charge < -0.3 is 10.0 Å². The number of rotatable bonds is 3. The van der Waals surface area contributed by atoms with Crippen molar-refractivity contribution in [2.75, 3.05) is 32.7 Å². The minimum absolute atomic E-state index is 0.0442. The molecule has 0 aromatic heterocycles. The van der Waals surface area contributed by atoms with Crippen LogP contribution in [0.15, 0.2) is 0 Å². The third-order valence-electron chi connectivity index (χ3n) is 4.71. The molecule has 2 aliphatic heterocycles. The lowest BCUT2D eigenvalue weighted by molar-refractivity contribution is -0.155. The molecule has 0 saturated carbocycles. The van der Waals surface area contributed by atoms with Crippen molar-refractivity contribution in [1.82, 2.24) is 9.80 Å². The molecule has 7 heteroatoms. The summed E-state index contributed by atoms with van der Waals surface area (Å²) in [5.41, 5.74) is 0. The Morgan fingerprint density at radius 1 is 1.23 bits per heavy atom. The van der Waals surface area contributed by atoms with Gasteiger partial charge in [-0.25, -0.2) is 0 Å². The van der Waals surface area contributed by atoms with Crippen LogP contribution in [-0.4, -0.2) is 65.8 Å². The van der Waals surface area contributed by atoms with Gasteiger partial charge in [0.25, 0.3) is 0 Å². The largest absolute Gasteiger partial charge is 0.401 e. The van der Waals surface area contributed by atoms with Crippen LogP contribution in [0.25, 0.3) is 0 Å². The van der Waals surface area contributed by atoms with E-state index >= 15 is 0 Å². The first-order valence-corrected chi connectivity index (χ1v) is 8.02. The number of amides is 1. The number of aliphatic hydroxyl groups excluding tert-OH is 1. The minimum Gasteiger partial charge on any atom is -0.393 e. The van der Waals surface area contributed by atoms with Gasteiger partial charge in [-0.1, -0.05) is 0 Å². The first-order valence-electron chi connectivity index (χ1n) is 8.02. The van der Waals surface area contributed by atoms with Gasteiger partial charge in [0.05, 0.1) is 18.6 Å². The van der Waals surface area contributed by atoms with Gasteiger partial charge in [0.1, 0.15) is 0 Å². The third kappa shape index (κ3) is 4.84. The predicted molar refractivity (Wildman–Crippen MR) is 76.2 cm³/mol. The van der Waals surface area contributed by atoms with Crippen molar-refractivity contribution in [3.63, 3.8) is 0 Å². The van der Waals surface area contributed by atoms with E-state index in [0.717, 1.165) is 12.8 Å². The second kappa shape index (κ2) is 7.17. The van der Waals surface area contributed by atoms with Crippen molar-refractivity contribution in [3.8, 4) is 0 Å². The van der Waals surface area contributed by atoms with Gasteiger partial charge in [0.2, 0.25) is 5.91 Å². The predicted octanol–water partition coefficient (Wildman–Crippen LogP) is 1.88. The maximum Gasteiger partial charge on any atom is 0.401 e. The number of aliphatic hydroxyl groups is 1. The van der Waals surface area contributed by atoms with Gasteiger partial charge >= 0.3 is 6.18 Å². The summed E-state index contributed by atoms with van der Waals surface area (Å²) < 4.78 is 37.5. The molecular weight excluding hydrogens is 297 g/mol. The van der Waals surface area contributed by atoms with E-state index in [9.17, 15) is 23.1 Å². The highest BCUT2D eigenvalue weighted by Gasteiger charge is 2.36. The molecule has 2 heterocycles. The molecular formula is C15H25F3N2O2. The van der Waals surface area contributed by atoms with Gasteiger partial charge in [0.15, 0.2) is 0 Å². The Morgan fingerprint density at radius 3 is 2.55 bits per heavy atom. The minimum atomic E-state index is -4.21. The molecule has 3 unspecified atom stereocenters. The highest BCUT2D eigenvalue weighted by atomic mass is 19.4. The highest BCUT2D eigenvalue weighted by Crippen LogP contribution is 2.26. The number of alkyl halides is 3. The van der Waals surface area contributed by atoms with Crippen LogP contribution >= 0.6 is 0 Å². The van der Waals surface area contributed by atoms with Crippen molar-refractivity contribution < 1.29 is 23.1 Å². The van der Waals surface area contributed by atoms with Crippen molar-refractivity contribution in [2.45, 2.75) is 44.9 Å². The Balaban J connectivity index is 1.91. The summed E-state index contributed by atoms with van der Waals surface area (Å²) >= 11 is 0. The fourth-order valence-electron chi connectivity index (χ4n) is 3.52. The third-order valence-corrected chi connectivity index (χ3v) is 4.71. The fourth-order valence-corrected chi connectivity index (χ4v) is 3.52. The van der Waals surface area contributed by atoms with Crippen LogP contribution in [0, 0.1) is 11.8 Å². The topological polar surface area (TPSA) is 43.8 Å². The summed E-state index contributed by atoms with van der Waals surface area (Å²) in [5, 5.41) is 9.69. The van der Waals surface area contributed by atoms with Crippen LogP contribution in [0.4, 0.5) is 13.2 Å². The van der Waals surface area contributed by atoms with E-state index in [1.54, 1.807) is 11.8 Å². The number of piperidine rings is 2. The van der Waals surface area contributed by atoms with Crippen molar-refractivity contribution in [3.05, 3.63) is 0 Å². The van der Waals surface area contributed by atoms with Crippen LogP contribution in [0.1, 0.15) is 32.6 Å². The highest BCUT2D eigenvalue weighted by molar-refractivity contribution is 5.79. The van der Waals surface area contributed by atoms with Crippen LogP contribution < -0.4 is 0 Å².